The summed E-state index contributed by atoms with van der Waals surface area (Å²) in [5.41, 5.74) is -0.332. The van der Waals surface area contributed by atoms with Crippen LogP contribution in [0, 0.1) is 31.5 Å². The summed E-state index contributed by atoms with van der Waals surface area (Å²) in [4.78, 5) is 43.9. The van der Waals surface area contributed by atoms with E-state index in [4.69, 9.17) is 9.15 Å². The lowest BCUT2D eigenvalue weighted by atomic mass is 9.71. The fraction of sp³-hybridized carbons (Fsp3) is 0.424. The van der Waals surface area contributed by atoms with Crippen LogP contribution in [0.15, 0.2) is 59.0 Å². The standard InChI is InChI=1S/C33H36FNO6/c1-19-18-26(20(2)41-19)30(36)27-28(21-12-16-25(40-4)17-13-21)33(3,32(38)39)35(31(37)23-8-6-5-7-9-23)29(27)22-10-14-24(34)15-11-22/h10-18,23,27-29H,5-9H2,1-4H3,(H,38,39). The predicted octanol–water partition coefficient (Wildman–Crippen LogP) is 6.63. The van der Waals surface area contributed by atoms with Gasteiger partial charge in [-0.25, -0.2) is 9.18 Å². The van der Waals surface area contributed by atoms with Gasteiger partial charge in [0, 0.05) is 11.8 Å². The van der Waals surface area contributed by atoms with Crippen molar-refractivity contribution in [2.45, 2.75) is 70.4 Å². The first kappa shape index (κ1) is 28.6. The normalized spacial score (nSPS) is 24.8. The Morgan fingerprint density at radius 1 is 0.976 bits per heavy atom. The molecule has 1 amide bonds. The van der Waals surface area contributed by atoms with Crippen molar-refractivity contribution in [3.8, 4) is 5.75 Å². The van der Waals surface area contributed by atoms with Gasteiger partial charge >= 0.3 is 5.97 Å². The summed E-state index contributed by atoms with van der Waals surface area (Å²) in [6.07, 6.45) is 4.11. The van der Waals surface area contributed by atoms with Crippen molar-refractivity contribution in [3.63, 3.8) is 0 Å². The van der Waals surface area contributed by atoms with Crippen molar-refractivity contribution in [2.75, 3.05) is 7.11 Å². The topological polar surface area (TPSA) is 97.0 Å². The van der Waals surface area contributed by atoms with E-state index < -0.39 is 35.2 Å². The van der Waals surface area contributed by atoms with Crippen molar-refractivity contribution in [1.29, 1.82) is 0 Å². The molecule has 1 aliphatic heterocycles. The van der Waals surface area contributed by atoms with E-state index in [0.29, 0.717) is 46.8 Å². The number of methoxy groups -OCH3 is 1. The van der Waals surface area contributed by atoms with Crippen LogP contribution in [0.3, 0.4) is 0 Å². The molecular weight excluding hydrogens is 525 g/mol. The summed E-state index contributed by atoms with van der Waals surface area (Å²) in [6, 6.07) is 13.4. The number of aliphatic carboxylic acids is 1. The molecule has 2 aliphatic rings. The van der Waals surface area contributed by atoms with E-state index in [-0.39, 0.29) is 17.6 Å². The quantitative estimate of drug-likeness (QED) is 0.325. The molecule has 1 aromatic heterocycles. The number of carbonyl (C=O) groups is 3. The van der Waals surface area contributed by atoms with E-state index in [1.165, 1.54) is 24.1 Å². The van der Waals surface area contributed by atoms with Gasteiger partial charge in [-0.15, -0.1) is 0 Å². The van der Waals surface area contributed by atoms with E-state index in [2.05, 4.69) is 0 Å². The Labute approximate surface area is 239 Å². The number of hydrogen-bond acceptors (Lipinski definition) is 5. The Hall–Kier alpha value is -3.94. The van der Waals surface area contributed by atoms with Gasteiger partial charge < -0.3 is 19.2 Å². The first-order valence-electron chi connectivity index (χ1n) is 14.1. The van der Waals surface area contributed by atoms with Gasteiger partial charge in [-0.2, -0.15) is 0 Å². The average molecular weight is 562 g/mol. The second-order valence-corrected chi connectivity index (χ2v) is 11.5. The third kappa shape index (κ3) is 4.94. The van der Waals surface area contributed by atoms with E-state index >= 15 is 0 Å². The number of ketones is 1. The van der Waals surface area contributed by atoms with Crippen LogP contribution in [0.2, 0.25) is 0 Å². The summed E-state index contributed by atoms with van der Waals surface area (Å²) in [5, 5.41) is 11.0. The number of benzene rings is 2. The molecule has 7 nitrogen and oxygen atoms in total. The Bertz CT molecular complexity index is 1440. The van der Waals surface area contributed by atoms with Crippen molar-refractivity contribution in [3.05, 3.63) is 88.6 Å². The molecule has 4 atom stereocenters. The molecule has 2 heterocycles. The van der Waals surface area contributed by atoms with Crippen LogP contribution < -0.4 is 4.74 Å². The second kappa shape index (κ2) is 11.1. The van der Waals surface area contributed by atoms with Crippen molar-refractivity contribution < 1.29 is 33.0 Å². The fourth-order valence-corrected chi connectivity index (χ4v) is 6.99. The van der Waals surface area contributed by atoms with Gasteiger partial charge in [-0.05, 0) is 75.1 Å². The van der Waals surface area contributed by atoms with Gasteiger partial charge in [0.05, 0.1) is 24.6 Å². The lowest BCUT2D eigenvalue weighted by molar-refractivity contribution is -0.160. The van der Waals surface area contributed by atoms with Gasteiger partial charge in [0.15, 0.2) is 5.78 Å². The molecule has 5 rings (SSSR count). The van der Waals surface area contributed by atoms with Crippen molar-refractivity contribution >= 4 is 17.7 Å². The molecule has 0 radical (unpaired) electrons. The molecule has 1 N–H and O–H groups in total. The van der Waals surface area contributed by atoms with Gasteiger partial charge in [-0.3, -0.25) is 9.59 Å². The molecule has 1 saturated carbocycles. The van der Waals surface area contributed by atoms with E-state index in [0.717, 1.165) is 19.3 Å². The number of amides is 1. The van der Waals surface area contributed by atoms with Crippen molar-refractivity contribution in [2.24, 2.45) is 11.8 Å². The smallest absolute Gasteiger partial charge is 0.330 e. The first-order chi connectivity index (χ1) is 19.6. The molecule has 3 aromatic rings. The number of carbonyl (C=O) groups excluding carboxylic acids is 2. The number of carboxylic acid groups (broad SMARTS) is 1. The zero-order chi connectivity index (χ0) is 29.5. The second-order valence-electron chi connectivity index (χ2n) is 11.5. The molecule has 2 fully saturated rings. The lowest BCUT2D eigenvalue weighted by Gasteiger charge is -2.40. The van der Waals surface area contributed by atoms with Gasteiger partial charge in [0.25, 0.3) is 0 Å². The third-order valence-corrected chi connectivity index (χ3v) is 9.00. The number of halogens is 1. The maximum atomic E-state index is 14.6. The molecular formula is C33H36FNO6. The number of carboxylic acids is 1. The minimum Gasteiger partial charge on any atom is -0.497 e. The maximum absolute atomic E-state index is 14.6. The molecule has 1 saturated heterocycles. The number of aryl methyl sites for hydroxylation is 2. The van der Waals surface area contributed by atoms with E-state index in [1.54, 1.807) is 63.2 Å². The number of Topliss-reactive ketones (excluding diaryl/α,β-unsaturated/α-hetero) is 1. The summed E-state index contributed by atoms with van der Waals surface area (Å²) < 4.78 is 25.2. The number of ether oxygens (including phenoxy) is 1. The van der Waals surface area contributed by atoms with Crippen LogP contribution in [0.1, 0.15) is 84.0 Å². The highest BCUT2D eigenvalue weighted by atomic mass is 19.1. The van der Waals surface area contributed by atoms with Gasteiger partial charge in [-0.1, -0.05) is 43.5 Å². The Morgan fingerprint density at radius 2 is 1.59 bits per heavy atom. The Balaban J connectivity index is 1.79. The molecule has 8 heteroatoms. The Morgan fingerprint density at radius 3 is 2.12 bits per heavy atom. The first-order valence-corrected chi connectivity index (χ1v) is 14.1. The molecule has 2 aromatic carbocycles. The predicted molar refractivity (Wildman–Crippen MR) is 150 cm³/mol. The highest BCUT2D eigenvalue weighted by Crippen LogP contribution is 2.57. The summed E-state index contributed by atoms with van der Waals surface area (Å²) in [5.74, 6) is -2.97. The number of likely N-dealkylation sites (tertiary alicyclic amines) is 1. The monoisotopic (exact) mass is 561 g/mol. The third-order valence-electron chi connectivity index (χ3n) is 9.00. The lowest BCUT2D eigenvalue weighted by Crippen LogP contribution is -2.55. The van der Waals surface area contributed by atoms with E-state index in [9.17, 15) is 23.9 Å². The summed E-state index contributed by atoms with van der Waals surface area (Å²) in [7, 11) is 1.54. The summed E-state index contributed by atoms with van der Waals surface area (Å²) >= 11 is 0. The van der Waals surface area contributed by atoms with Crippen molar-refractivity contribution in [1.82, 2.24) is 4.90 Å². The fourth-order valence-electron chi connectivity index (χ4n) is 6.99. The number of hydrogen-bond donors (Lipinski definition) is 1. The molecule has 4 unspecified atom stereocenters. The zero-order valence-corrected chi connectivity index (χ0v) is 23.9. The van der Waals surface area contributed by atoms with Crippen LogP contribution >= 0.6 is 0 Å². The molecule has 41 heavy (non-hydrogen) atoms. The van der Waals surface area contributed by atoms with E-state index in [1.807, 2.05) is 0 Å². The highest BCUT2D eigenvalue weighted by Gasteiger charge is 2.65. The molecule has 216 valence electrons. The minimum atomic E-state index is -1.78. The minimum absolute atomic E-state index is 0.280. The number of rotatable bonds is 7. The van der Waals surface area contributed by atoms with Crippen LogP contribution in [0.5, 0.6) is 5.75 Å². The van der Waals surface area contributed by atoms with Crippen LogP contribution in [0.25, 0.3) is 0 Å². The molecule has 0 spiro atoms. The number of nitrogens with zero attached hydrogens (tertiary/aromatic N) is 1. The van der Waals surface area contributed by atoms with Gasteiger partial charge in [0.2, 0.25) is 5.91 Å². The largest absolute Gasteiger partial charge is 0.497 e. The van der Waals surface area contributed by atoms with Crippen LogP contribution in [-0.2, 0) is 9.59 Å². The number of furan rings is 1. The van der Waals surface area contributed by atoms with Gasteiger partial charge in [0.1, 0.15) is 28.6 Å². The zero-order valence-electron chi connectivity index (χ0n) is 23.9. The molecule has 1 aliphatic carbocycles. The SMILES string of the molecule is COc1ccc(C2C(C(=O)c3cc(C)oc3C)C(c3ccc(F)cc3)N(C(=O)C3CCCCC3)C2(C)C(=O)O)cc1. The maximum Gasteiger partial charge on any atom is 0.330 e. The average Bonchev–Trinajstić information content (AvgIpc) is 3.46. The summed E-state index contributed by atoms with van der Waals surface area (Å²) in [6.45, 7) is 4.99. The highest BCUT2D eigenvalue weighted by molar-refractivity contribution is 6.03. The Kier molecular flexibility index (Phi) is 7.77. The van der Waals surface area contributed by atoms with Crippen LogP contribution in [0.4, 0.5) is 4.39 Å². The molecule has 0 bridgehead atoms. The van der Waals surface area contributed by atoms with Crippen LogP contribution in [-0.4, -0.2) is 40.3 Å².